The molecule has 1 heterocycles. The average molecular weight is 142 g/mol. The highest BCUT2D eigenvalue weighted by atomic mass is 16.5. The van der Waals surface area contributed by atoms with E-state index >= 15 is 0 Å². The highest BCUT2D eigenvalue weighted by Gasteiger charge is 2.21. The van der Waals surface area contributed by atoms with Crippen LogP contribution in [0.4, 0.5) is 0 Å². The summed E-state index contributed by atoms with van der Waals surface area (Å²) in [5, 5.41) is 9.33. The summed E-state index contributed by atoms with van der Waals surface area (Å²) in [6, 6.07) is 0. The Morgan fingerprint density at radius 1 is 1.70 bits per heavy atom. The van der Waals surface area contributed by atoms with Gasteiger partial charge in [0.05, 0.1) is 12.2 Å². The van der Waals surface area contributed by atoms with Crippen LogP contribution in [0, 0.1) is 0 Å². The van der Waals surface area contributed by atoms with E-state index in [0.717, 1.165) is 25.9 Å². The third kappa shape index (κ3) is 1.82. The lowest BCUT2D eigenvalue weighted by Crippen LogP contribution is -2.33. The summed E-state index contributed by atoms with van der Waals surface area (Å²) in [7, 11) is 0. The van der Waals surface area contributed by atoms with E-state index in [1.165, 1.54) is 0 Å². The molecule has 1 saturated heterocycles. The van der Waals surface area contributed by atoms with Crippen LogP contribution >= 0.6 is 0 Å². The quantitative estimate of drug-likeness (QED) is 0.585. The van der Waals surface area contributed by atoms with Gasteiger partial charge in [-0.15, -0.1) is 6.58 Å². The molecule has 1 N–H and O–H groups in total. The van der Waals surface area contributed by atoms with E-state index in [1.54, 1.807) is 6.08 Å². The van der Waals surface area contributed by atoms with Crippen molar-refractivity contribution in [1.82, 2.24) is 0 Å². The summed E-state index contributed by atoms with van der Waals surface area (Å²) >= 11 is 0. The highest BCUT2D eigenvalue weighted by molar-refractivity contribution is 4.80. The molecule has 0 aromatic rings. The summed E-state index contributed by atoms with van der Waals surface area (Å²) < 4.78 is 5.31. The third-order valence-corrected chi connectivity index (χ3v) is 1.80. The van der Waals surface area contributed by atoms with Gasteiger partial charge in [0, 0.05) is 6.61 Å². The molecule has 2 heteroatoms. The van der Waals surface area contributed by atoms with Crippen LogP contribution in [-0.4, -0.2) is 23.9 Å². The highest BCUT2D eigenvalue weighted by Crippen LogP contribution is 2.16. The van der Waals surface area contributed by atoms with Crippen LogP contribution in [0.3, 0.4) is 0 Å². The lowest BCUT2D eigenvalue weighted by molar-refractivity contribution is -0.0713. The zero-order chi connectivity index (χ0) is 7.40. The zero-order valence-corrected chi connectivity index (χ0v) is 6.12. The van der Waals surface area contributed by atoms with E-state index in [1.807, 2.05) is 0 Å². The first-order valence-electron chi connectivity index (χ1n) is 3.75. The first kappa shape index (κ1) is 7.76. The Morgan fingerprint density at radius 3 is 3.10 bits per heavy atom. The molecule has 2 nitrogen and oxygen atoms in total. The van der Waals surface area contributed by atoms with Gasteiger partial charge in [0.15, 0.2) is 0 Å². The maximum atomic E-state index is 9.33. The zero-order valence-electron chi connectivity index (χ0n) is 6.12. The molecule has 58 valence electrons. The Kier molecular flexibility index (Phi) is 2.90. The molecule has 0 unspecified atom stereocenters. The Hall–Kier alpha value is -0.340. The van der Waals surface area contributed by atoms with Gasteiger partial charge >= 0.3 is 0 Å². The molecule has 0 amide bonds. The van der Waals surface area contributed by atoms with Crippen LogP contribution in [-0.2, 0) is 4.74 Å². The van der Waals surface area contributed by atoms with Crippen LogP contribution in [0.15, 0.2) is 12.7 Å². The molecule has 1 rings (SSSR count). The number of hydrogen-bond donors (Lipinski definition) is 1. The lowest BCUT2D eigenvalue weighted by atomic mass is 10.0. The number of hydrogen-bond acceptors (Lipinski definition) is 2. The van der Waals surface area contributed by atoms with Gasteiger partial charge in [0.2, 0.25) is 0 Å². The molecule has 0 spiro atoms. The largest absolute Gasteiger partial charge is 0.390 e. The van der Waals surface area contributed by atoms with Crippen LogP contribution in [0.2, 0.25) is 0 Å². The maximum Gasteiger partial charge on any atom is 0.0868 e. The molecular weight excluding hydrogens is 128 g/mol. The normalized spacial score (nSPS) is 33.7. The molecule has 1 aliphatic heterocycles. The van der Waals surface area contributed by atoms with Crippen LogP contribution in [0.25, 0.3) is 0 Å². The standard InChI is InChI=1S/C8H14O2/c1-2-4-8-7(9)5-3-6-10-8/h2,7-9H,1,3-6H2/t7-,8+/m0/s1. The Bertz CT molecular complexity index is 112. The molecule has 0 saturated carbocycles. The molecule has 0 aromatic carbocycles. The van der Waals surface area contributed by atoms with E-state index in [4.69, 9.17) is 4.74 Å². The van der Waals surface area contributed by atoms with E-state index in [9.17, 15) is 5.11 Å². The van der Waals surface area contributed by atoms with Crippen molar-refractivity contribution in [3.8, 4) is 0 Å². The topological polar surface area (TPSA) is 29.5 Å². The summed E-state index contributed by atoms with van der Waals surface area (Å²) in [5.41, 5.74) is 0. The van der Waals surface area contributed by atoms with E-state index in [2.05, 4.69) is 6.58 Å². The minimum Gasteiger partial charge on any atom is -0.390 e. The molecule has 2 atom stereocenters. The second-order valence-electron chi connectivity index (χ2n) is 2.64. The van der Waals surface area contributed by atoms with Gasteiger partial charge in [-0.25, -0.2) is 0 Å². The van der Waals surface area contributed by atoms with Gasteiger partial charge in [-0.1, -0.05) is 6.08 Å². The first-order valence-corrected chi connectivity index (χ1v) is 3.75. The smallest absolute Gasteiger partial charge is 0.0868 e. The second-order valence-corrected chi connectivity index (χ2v) is 2.64. The fourth-order valence-corrected chi connectivity index (χ4v) is 1.21. The maximum absolute atomic E-state index is 9.33. The second kappa shape index (κ2) is 3.74. The monoisotopic (exact) mass is 142 g/mol. The molecule has 1 aliphatic rings. The summed E-state index contributed by atoms with van der Waals surface area (Å²) in [4.78, 5) is 0. The predicted octanol–water partition coefficient (Wildman–Crippen LogP) is 1.10. The summed E-state index contributed by atoms with van der Waals surface area (Å²) in [5.74, 6) is 0. The van der Waals surface area contributed by atoms with Gasteiger partial charge in [-0.05, 0) is 19.3 Å². The van der Waals surface area contributed by atoms with Crippen molar-refractivity contribution in [2.24, 2.45) is 0 Å². The lowest BCUT2D eigenvalue weighted by Gasteiger charge is -2.26. The molecule has 0 radical (unpaired) electrons. The fraction of sp³-hybridized carbons (Fsp3) is 0.750. The molecule has 10 heavy (non-hydrogen) atoms. The van der Waals surface area contributed by atoms with Gasteiger partial charge < -0.3 is 9.84 Å². The SMILES string of the molecule is C=CC[C@H]1OCCC[C@@H]1O. The molecule has 0 bridgehead atoms. The van der Waals surface area contributed by atoms with Crippen molar-refractivity contribution in [3.63, 3.8) is 0 Å². The predicted molar refractivity (Wildman–Crippen MR) is 39.8 cm³/mol. The molecule has 1 fully saturated rings. The number of rotatable bonds is 2. The third-order valence-electron chi connectivity index (χ3n) is 1.80. The number of aliphatic hydroxyl groups is 1. The van der Waals surface area contributed by atoms with Crippen LogP contribution < -0.4 is 0 Å². The van der Waals surface area contributed by atoms with E-state index in [0.29, 0.717) is 0 Å². The van der Waals surface area contributed by atoms with Crippen molar-refractivity contribution >= 4 is 0 Å². The summed E-state index contributed by atoms with van der Waals surface area (Å²) in [6.45, 7) is 4.39. The molecule has 0 aromatic heterocycles. The number of aliphatic hydroxyl groups excluding tert-OH is 1. The minimum atomic E-state index is -0.272. The Morgan fingerprint density at radius 2 is 2.50 bits per heavy atom. The van der Waals surface area contributed by atoms with E-state index in [-0.39, 0.29) is 12.2 Å². The van der Waals surface area contributed by atoms with Crippen molar-refractivity contribution in [2.75, 3.05) is 6.61 Å². The van der Waals surface area contributed by atoms with E-state index < -0.39 is 0 Å². The first-order chi connectivity index (χ1) is 4.84. The minimum absolute atomic E-state index is 0.00579. The molecule has 0 aliphatic carbocycles. The van der Waals surface area contributed by atoms with Gasteiger partial charge in [0.25, 0.3) is 0 Å². The van der Waals surface area contributed by atoms with Gasteiger partial charge in [-0.3, -0.25) is 0 Å². The average Bonchev–Trinajstić information content (AvgIpc) is 1.94. The Labute approximate surface area is 61.5 Å². The van der Waals surface area contributed by atoms with Crippen molar-refractivity contribution in [3.05, 3.63) is 12.7 Å². The molecular formula is C8H14O2. The van der Waals surface area contributed by atoms with Gasteiger partial charge in [0.1, 0.15) is 0 Å². The summed E-state index contributed by atoms with van der Waals surface area (Å²) in [6.07, 6.45) is 4.14. The van der Waals surface area contributed by atoms with Crippen molar-refractivity contribution in [1.29, 1.82) is 0 Å². The van der Waals surface area contributed by atoms with Gasteiger partial charge in [-0.2, -0.15) is 0 Å². The Balaban J connectivity index is 2.32. The number of ether oxygens (including phenoxy) is 1. The van der Waals surface area contributed by atoms with Crippen LogP contribution in [0.1, 0.15) is 19.3 Å². The van der Waals surface area contributed by atoms with Crippen LogP contribution in [0.5, 0.6) is 0 Å². The van der Waals surface area contributed by atoms with Crippen molar-refractivity contribution < 1.29 is 9.84 Å². The fourth-order valence-electron chi connectivity index (χ4n) is 1.21. The van der Waals surface area contributed by atoms with Crippen molar-refractivity contribution in [2.45, 2.75) is 31.5 Å².